The third kappa shape index (κ3) is 7.13. The fourth-order valence-corrected chi connectivity index (χ4v) is 4.95. The van der Waals surface area contributed by atoms with Gasteiger partial charge in [0.1, 0.15) is 4.88 Å². The van der Waals surface area contributed by atoms with E-state index in [0.29, 0.717) is 17.2 Å². The number of nitrogens with zero attached hydrogens (tertiary/aromatic N) is 1. The van der Waals surface area contributed by atoms with Gasteiger partial charge >= 0.3 is 5.97 Å². The average Bonchev–Trinajstić information content (AvgIpc) is 3.27. The maximum Gasteiger partial charge on any atom is 0.346 e. The van der Waals surface area contributed by atoms with Crippen molar-refractivity contribution in [3.8, 4) is 28.1 Å². The number of aryl methyl sites for hydroxylation is 1. The Hall–Kier alpha value is -2.73. The molecule has 0 aliphatic heterocycles. The van der Waals surface area contributed by atoms with E-state index in [9.17, 15) is 14.3 Å². The Bertz CT molecular complexity index is 1060. The highest BCUT2D eigenvalue weighted by Gasteiger charge is 2.17. The van der Waals surface area contributed by atoms with Crippen LogP contribution in [0.4, 0.5) is 4.39 Å². The van der Waals surface area contributed by atoms with Crippen molar-refractivity contribution in [1.29, 1.82) is 0 Å². The first-order chi connectivity index (χ1) is 16.5. The molecule has 0 spiro atoms. The summed E-state index contributed by atoms with van der Waals surface area (Å²) in [4.78, 5) is 17.4. The number of hydrogen-bond donors (Lipinski definition) is 1. The van der Waals surface area contributed by atoms with E-state index in [-0.39, 0.29) is 5.75 Å². The standard InChI is InChI=1S/C28H34FNO3S/c1-3-5-7-9-11-22-19-23(26(34-22)28(31)32)20-12-14-21(15-13-20)24-16-17-25(27(29)30-24)33-18-10-8-6-4-2/h12-17,19H,3-11,18H2,1-2H3,(H,31,32). The summed E-state index contributed by atoms with van der Waals surface area (Å²) < 4.78 is 20.0. The lowest BCUT2D eigenvalue weighted by Gasteiger charge is -2.09. The second kappa shape index (κ2) is 13.2. The van der Waals surface area contributed by atoms with E-state index in [2.05, 4.69) is 18.8 Å². The number of aromatic nitrogens is 1. The van der Waals surface area contributed by atoms with Gasteiger partial charge < -0.3 is 9.84 Å². The van der Waals surface area contributed by atoms with E-state index >= 15 is 0 Å². The van der Waals surface area contributed by atoms with Gasteiger partial charge in [-0.15, -0.1) is 11.3 Å². The van der Waals surface area contributed by atoms with E-state index in [1.165, 1.54) is 24.2 Å². The summed E-state index contributed by atoms with van der Waals surface area (Å²) in [5.41, 5.74) is 2.86. The van der Waals surface area contributed by atoms with Gasteiger partial charge in [-0.25, -0.2) is 9.78 Å². The molecule has 0 bridgehead atoms. The Balaban J connectivity index is 1.70. The average molecular weight is 484 g/mol. The molecule has 182 valence electrons. The van der Waals surface area contributed by atoms with Crippen molar-refractivity contribution in [3.05, 3.63) is 58.2 Å². The van der Waals surface area contributed by atoms with Crippen molar-refractivity contribution in [2.24, 2.45) is 0 Å². The van der Waals surface area contributed by atoms with Crippen LogP contribution in [0.2, 0.25) is 0 Å². The first kappa shape index (κ1) is 25.9. The molecule has 0 amide bonds. The molecule has 0 atom stereocenters. The van der Waals surface area contributed by atoms with Crippen LogP contribution in [-0.4, -0.2) is 22.7 Å². The predicted molar refractivity (Wildman–Crippen MR) is 137 cm³/mol. The molecular weight excluding hydrogens is 449 g/mol. The van der Waals surface area contributed by atoms with Gasteiger partial charge in [-0.05, 0) is 43.0 Å². The first-order valence-corrected chi connectivity index (χ1v) is 13.1. The molecule has 0 unspecified atom stereocenters. The number of pyridine rings is 1. The quantitative estimate of drug-likeness (QED) is 0.185. The van der Waals surface area contributed by atoms with Gasteiger partial charge in [-0.1, -0.05) is 76.6 Å². The normalized spacial score (nSPS) is 11.0. The van der Waals surface area contributed by atoms with Crippen molar-refractivity contribution in [2.45, 2.75) is 71.6 Å². The lowest BCUT2D eigenvalue weighted by molar-refractivity contribution is 0.0703. The zero-order valence-corrected chi connectivity index (χ0v) is 20.9. The van der Waals surface area contributed by atoms with Gasteiger partial charge in [0.2, 0.25) is 0 Å². The maximum absolute atomic E-state index is 14.5. The van der Waals surface area contributed by atoms with Crippen LogP contribution in [0.3, 0.4) is 0 Å². The van der Waals surface area contributed by atoms with Crippen LogP contribution in [-0.2, 0) is 6.42 Å². The fraction of sp³-hybridized carbons (Fsp3) is 0.429. The Morgan fingerprint density at radius 1 is 0.941 bits per heavy atom. The Kier molecular flexibility index (Phi) is 10.1. The van der Waals surface area contributed by atoms with E-state index in [1.807, 2.05) is 30.3 Å². The van der Waals surface area contributed by atoms with Crippen LogP contribution in [0.15, 0.2) is 42.5 Å². The van der Waals surface area contributed by atoms with Crippen molar-refractivity contribution in [2.75, 3.05) is 6.61 Å². The van der Waals surface area contributed by atoms with Crippen molar-refractivity contribution >= 4 is 17.3 Å². The Morgan fingerprint density at radius 3 is 2.26 bits per heavy atom. The van der Waals surface area contributed by atoms with Crippen LogP contribution < -0.4 is 4.74 Å². The number of carbonyl (C=O) groups is 1. The molecule has 4 nitrogen and oxygen atoms in total. The molecule has 2 aromatic heterocycles. The van der Waals surface area contributed by atoms with Crippen LogP contribution in [0, 0.1) is 5.95 Å². The predicted octanol–water partition coefficient (Wildman–Crippen LogP) is 8.40. The molecule has 34 heavy (non-hydrogen) atoms. The second-order valence-electron chi connectivity index (χ2n) is 8.54. The minimum absolute atomic E-state index is 0.174. The molecule has 1 N–H and O–H groups in total. The lowest BCUT2D eigenvalue weighted by atomic mass is 10.0. The van der Waals surface area contributed by atoms with Gasteiger partial charge in [0.15, 0.2) is 5.75 Å². The minimum Gasteiger partial charge on any atom is -0.489 e. The highest BCUT2D eigenvalue weighted by Crippen LogP contribution is 2.34. The summed E-state index contributed by atoms with van der Waals surface area (Å²) in [6.45, 7) is 4.81. The largest absolute Gasteiger partial charge is 0.489 e. The van der Waals surface area contributed by atoms with Gasteiger partial charge in [0, 0.05) is 16.0 Å². The molecule has 0 saturated heterocycles. The number of ether oxygens (including phenoxy) is 1. The second-order valence-corrected chi connectivity index (χ2v) is 9.68. The summed E-state index contributed by atoms with van der Waals surface area (Å²) >= 11 is 1.36. The molecule has 3 aromatic rings. The van der Waals surface area contributed by atoms with Crippen LogP contribution in [0.1, 0.15) is 79.8 Å². The van der Waals surface area contributed by atoms with Crippen molar-refractivity contribution in [3.63, 3.8) is 0 Å². The number of aromatic carboxylic acids is 1. The molecule has 2 heterocycles. The molecular formula is C28H34FNO3S. The van der Waals surface area contributed by atoms with Crippen LogP contribution >= 0.6 is 11.3 Å². The van der Waals surface area contributed by atoms with E-state index in [4.69, 9.17) is 4.74 Å². The van der Waals surface area contributed by atoms with Crippen LogP contribution in [0.5, 0.6) is 5.75 Å². The molecule has 6 heteroatoms. The maximum atomic E-state index is 14.5. The Labute approximate surface area is 205 Å². The summed E-state index contributed by atoms with van der Waals surface area (Å²) in [5.74, 6) is -1.35. The lowest BCUT2D eigenvalue weighted by Crippen LogP contribution is -2.01. The summed E-state index contributed by atoms with van der Waals surface area (Å²) in [7, 11) is 0. The zero-order valence-electron chi connectivity index (χ0n) is 20.1. The van der Waals surface area contributed by atoms with Gasteiger partial charge in [-0.2, -0.15) is 4.39 Å². The molecule has 1 aromatic carbocycles. The first-order valence-electron chi connectivity index (χ1n) is 12.3. The van der Waals surface area contributed by atoms with Crippen LogP contribution in [0.25, 0.3) is 22.4 Å². The number of benzene rings is 1. The van der Waals surface area contributed by atoms with E-state index in [1.54, 1.807) is 12.1 Å². The molecule has 0 aliphatic carbocycles. The zero-order chi connectivity index (χ0) is 24.3. The summed E-state index contributed by atoms with van der Waals surface area (Å²) in [5, 5.41) is 9.69. The highest BCUT2D eigenvalue weighted by molar-refractivity contribution is 7.14. The third-order valence-electron chi connectivity index (χ3n) is 5.82. The highest BCUT2D eigenvalue weighted by atomic mass is 32.1. The van der Waals surface area contributed by atoms with E-state index in [0.717, 1.165) is 66.5 Å². The number of hydrogen-bond acceptors (Lipinski definition) is 4. The Morgan fingerprint density at radius 2 is 1.62 bits per heavy atom. The van der Waals surface area contributed by atoms with Crippen molar-refractivity contribution < 1.29 is 19.0 Å². The molecule has 0 fully saturated rings. The number of carboxylic acids is 1. The van der Waals surface area contributed by atoms with Gasteiger partial charge in [0.25, 0.3) is 5.95 Å². The SMILES string of the molecule is CCCCCCOc1ccc(-c2ccc(-c3cc(CCCCCC)sc3C(=O)O)cc2)nc1F. The fourth-order valence-electron chi connectivity index (χ4n) is 3.89. The third-order valence-corrected chi connectivity index (χ3v) is 7.00. The van der Waals surface area contributed by atoms with E-state index < -0.39 is 11.9 Å². The molecule has 0 aliphatic rings. The summed E-state index contributed by atoms with van der Waals surface area (Å²) in [6.07, 6.45) is 9.78. The minimum atomic E-state index is -0.905. The monoisotopic (exact) mass is 483 g/mol. The molecule has 0 saturated carbocycles. The molecule has 0 radical (unpaired) electrons. The number of carboxylic acid groups (broad SMARTS) is 1. The smallest absolute Gasteiger partial charge is 0.346 e. The number of unbranched alkanes of at least 4 members (excludes halogenated alkanes) is 6. The van der Waals surface area contributed by atoms with Crippen molar-refractivity contribution in [1.82, 2.24) is 4.98 Å². The number of halogens is 1. The summed E-state index contributed by atoms with van der Waals surface area (Å²) in [6, 6.07) is 12.8. The molecule has 3 rings (SSSR count). The van der Waals surface area contributed by atoms with Gasteiger partial charge in [-0.3, -0.25) is 0 Å². The topological polar surface area (TPSA) is 59.4 Å². The number of thiophene rings is 1. The number of rotatable bonds is 14. The van der Waals surface area contributed by atoms with Gasteiger partial charge in [0.05, 0.1) is 12.3 Å².